The maximum Gasteiger partial charge on any atom is 0.177 e. The number of methoxy groups -OCH3 is 2. The zero-order chi connectivity index (χ0) is 16.9. The smallest absolute Gasteiger partial charge is 0.177 e. The van der Waals surface area contributed by atoms with Crippen LogP contribution in [0, 0.1) is 0 Å². The number of ether oxygens (including phenoxy) is 2. The molecule has 0 bridgehead atoms. The Bertz CT molecular complexity index is 795. The Morgan fingerprint density at radius 3 is 1.96 bits per heavy atom. The summed E-state index contributed by atoms with van der Waals surface area (Å²) in [6.45, 7) is 0.764. The van der Waals surface area contributed by atoms with Crippen LogP contribution in [-0.4, -0.2) is 23.8 Å². The summed E-state index contributed by atoms with van der Waals surface area (Å²) in [5, 5.41) is 0. The molecule has 0 N–H and O–H groups in total. The Morgan fingerprint density at radius 1 is 0.875 bits per heavy atom. The highest BCUT2D eigenvalue weighted by Crippen LogP contribution is 2.19. The predicted molar refractivity (Wildman–Crippen MR) is 97.8 cm³/mol. The average molecular weight is 387 g/mol. The molecule has 0 spiro atoms. The molecule has 0 saturated heterocycles. The number of aromatic nitrogens is 2. The van der Waals surface area contributed by atoms with Crippen LogP contribution in [0.5, 0.6) is 11.5 Å². The lowest BCUT2D eigenvalue weighted by Crippen LogP contribution is -1.98. The molecule has 5 heteroatoms. The third kappa shape index (κ3) is 3.97. The standard InChI is InChI=1S/C19H19BrN2O2/c1-23-17-7-3-14(4-8-17)11-16-13-22(19(20)21-16)12-15-5-9-18(24-2)10-6-15/h3-10,13H,11-12H2,1-2H3. The molecule has 0 aliphatic heterocycles. The second kappa shape index (κ2) is 7.53. The largest absolute Gasteiger partial charge is 0.497 e. The zero-order valence-electron chi connectivity index (χ0n) is 13.7. The number of hydrogen-bond donors (Lipinski definition) is 0. The third-order valence-corrected chi connectivity index (χ3v) is 4.47. The van der Waals surface area contributed by atoms with Gasteiger partial charge in [0.25, 0.3) is 0 Å². The van der Waals surface area contributed by atoms with Crippen molar-refractivity contribution in [3.63, 3.8) is 0 Å². The fraction of sp³-hybridized carbons (Fsp3) is 0.211. The predicted octanol–water partition coefficient (Wildman–Crippen LogP) is 4.30. The van der Waals surface area contributed by atoms with Gasteiger partial charge < -0.3 is 14.0 Å². The van der Waals surface area contributed by atoms with Crippen molar-refractivity contribution < 1.29 is 9.47 Å². The summed E-state index contributed by atoms with van der Waals surface area (Å²) >= 11 is 3.55. The average Bonchev–Trinajstić information content (AvgIpc) is 2.95. The van der Waals surface area contributed by atoms with Crippen molar-refractivity contribution in [1.29, 1.82) is 0 Å². The van der Waals surface area contributed by atoms with Crippen LogP contribution >= 0.6 is 15.9 Å². The number of rotatable bonds is 6. The molecule has 0 aliphatic carbocycles. The van der Waals surface area contributed by atoms with Gasteiger partial charge in [-0.15, -0.1) is 0 Å². The van der Waals surface area contributed by atoms with E-state index in [-0.39, 0.29) is 0 Å². The highest BCUT2D eigenvalue weighted by Gasteiger charge is 2.07. The minimum Gasteiger partial charge on any atom is -0.497 e. The summed E-state index contributed by atoms with van der Waals surface area (Å²) < 4.78 is 13.3. The summed E-state index contributed by atoms with van der Waals surface area (Å²) in [5.74, 6) is 1.73. The Kier molecular flexibility index (Phi) is 5.20. The molecule has 1 aromatic heterocycles. The van der Waals surface area contributed by atoms with Crippen LogP contribution in [0.25, 0.3) is 0 Å². The van der Waals surface area contributed by atoms with E-state index in [1.54, 1.807) is 14.2 Å². The second-order valence-electron chi connectivity index (χ2n) is 5.50. The first-order valence-corrected chi connectivity index (χ1v) is 8.44. The van der Waals surface area contributed by atoms with Gasteiger partial charge in [0.05, 0.1) is 19.9 Å². The van der Waals surface area contributed by atoms with Crippen molar-refractivity contribution in [1.82, 2.24) is 9.55 Å². The van der Waals surface area contributed by atoms with Crippen molar-refractivity contribution in [3.8, 4) is 11.5 Å². The Morgan fingerprint density at radius 2 is 1.42 bits per heavy atom. The van der Waals surface area contributed by atoms with Gasteiger partial charge in [-0.25, -0.2) is 4.98 Å². The molecule has 2 aromatic carbocycles. The van der Waals surface area contributed by atoms with E-state index < -0.39 is 0 Å². The summed E-state index contributed by atoms with van der Waals surface area (Å²) in [6, 6.07) is 16.1. The molecule has 24 heavy (non-hydrogen) atoms. The third-order valence-electron chi connectivity index (χ3n) is 3.83. The molecule has 3 aromatic rings. The van der Waals surface area contributed by atoms with Crippen LogP contribution in [0.3, 0.4) is 0 Å². The number of nitrogens with zero attached hydrogens (tertiary/aromatic N) is 2. The van der Waals surface area contributed by atoms with E-state index in [1.807, 2.05) is 24.3 Å². The van der Waals surface area contributed by atoms with Crippen molar-refractivity contribution in [2.75, 3.05) is 14.2 Å². The second-order valence-corrected chi connectivity index (χ2v) is 6.21. The van der Waals surface area contributed by atoms with Crippen LogP contribution in [0.4, 0.5) is 0 Å². The maximum absolute atomic E-state index is 5.19. The summed E-state index contributed by atoms with van der Waals surface area (Å²) in [7, 11) is 3.35. The van der Waals surface area contributed by atoms with Crippen LogP contribution < -0.4 is 9.47 Å². The molecular formula is C19H19BrN2O2. The Balaban J connectivity index is 1.71. The molecule has 0 atom stereocenters. The summed E-state index contributed by atoms with van der Waals surface area (Å²) in [5.41, 5.74) is 3.43. The molecule has 4 nitrogen and oxygen atoms in total. The number of halogens is 1. The maximum atomic E-state index is 5.19. The molecular weight excluding hydrogens is 368 g/mol. The topological polar surface area (TPSA) is 36.3 Å². The van der Waals surface area contributed by atoms with E-state index in [2.05, 4.69) is 55.9 Å². The van der Waals surface area contributed by atoms with Crippen LogP contribution in [0.1, 0.15) is 16.8 Å². The minimum absolute atomic E-state index is 0.764. The molecule has 124 valence electrons. The van der Waals surface area contributed by atoms with E-state index in [1.165, 1.54) is 11.1 Å². The first kappa shape index (κ1) is 16.6. The lowest BCUT2D eigenvalue weighted by atomic mass is 10.1. The molecule has 0 saturated carbocycles. The van der Waals surface area contributed by atoms with Gasteiger partial charge in [-0.05, 0) is 51.3 Å². The van der Waals surface area contributed by atoms with Gasteiger partial charge in [0.2, 0.25) is 0 Å². The van der Waals surface area contributed by atoms with Crippen LogP contribution in [-0.2, 0) is 13.0 Å². The molecule has 1 heterocycles. The Hall–Kier alpha value is -2.27. The normalized spacial score (nSPS) is 10.6. The quantitative estimate of drug-likeness (QED) is 0.633. The molecule has 0 unspecified atom stereocenters. The van der Waals surface area contributed by atoms with E-state index in [9.17, 15) is 0 Å². The fourth-order valence-electron chi connectivity index (χ4n) is 2.52. The lowest BCUT2D eigenvalue weighted by Gasteiger charge is -2.05. The first-order chi connectivity index (χ1) is 11.7. The minimum atomic E-state index is 0.764. The van der Waals surface area contributed by atoms with Gasteiger partial charge in [0.1, 0.15) is 11.5 Å². The monoisotopic (exact) mass is 386 g/mol. The van der Waals surface area contributed by atoms with Gasteiger partial charge in [-0.1, -0.05) is 24.3 Å². The summed E-state index contributed by atoms with van der Waals surface area (Å²) in [4.78, 5) is 4.60. The molecule has 3 rings (SSSR count). The SMILES string of the molecule is COc1ccc(Cc2cn(Cc3ccc(OC)cc3)c(Br)n2)cc1. The van der Waals surface area contributed by atoms with Gasteiger partial charge in [-0.2, -0.15) is 0 Å². The van der Waals surface area contributed by atoms with Gasteiger partial charge in [-0.3, -0.25) is 0 Å². The van der Waals surface area contributed by atoms with Gasteiger partial charge >= 0.3 is 0 Å². The fourth-order valence-corrected chi connectivity index (χ4v) is 2.98. The number of benzene rings is 2. The van der Waals surface area contributed by atoms with Crippen molar-refractivity contribution in [2.24, 2.45) is 0 Å². The van der Waals surface area contributed by atoms with E-state index in [4.69, 9.17) is 9.47 Å². The number of hydrogen-bond acceptors (Lipinski definition) is 3. The van der Waals surface area contributed by atoms with Crippen LogP contribution in [0.15, 0.2) is 59.5 Å². The highest BCUT2D eigenvalue weighted by atomic mass is 79.9. The van der Waals surface area contributed by atoms with Gasteiger partial charge in [0.15, 0.2) is 4.73 Å². The van der Waals surface area contributed by atoms with Crippen molar-refractivity contribution in [2.45, 2.75) is 13.0 Å². The van der Waals surface area contributed by atoms with E-state index in [0.717, 1.165) is 34.9 Å². The number of imidazole rings is 1. The van der Waals surface area contributed by atoms with Gasteiger partial charge in [0, 0.05) is 19.2 Å². The molecule has 0 aliphatic rings. The molecule has 0 fully saturated rings. The molecule has 0 amide bonds. The van der Waals surface area contributed by atoms with Crippen LogP contribution in [0.2, 0.25) is 0 Å². The van der Waals surface area contributed by atoms with Crippen molar-refractivity contribution in [3.05, 3.63) is 76.3 Å². The highest BCUT2D eigenvalue weighted by molar-refractivity contribution is 9.10. The zero-order valence-corrected chi connectivity index (χ0v) is 15.3. The summed E-state index contributed by atoms with van der Waals surface area (Å²) in [6.07, 6.45) is 2.87. The Labute approximate surface area is 150 Å². The molecule has 0 radical (unpaired) electrons. The van der Waals surface area contributed by atoms with E-state index in [0.29, 0.717) is 0 Å². The lowest BCUT2D eigenvalue weighted by molar-refractivity contribution is 0.414. The van der Waals surface area contributed by atoms with E-state index >= 15 is 0 Å². The first-order valence-electron chi connectivity index (χ1n) is 7.65. The van der Waals surface area contributed by atoms with Crippen molar-refractivity contribution >= 4 is 15.9 Å².